The molecule has 0 aliphatic heterocycles. The number of thiazole rings is 1. The van der Waals surface area contributed by atoms with Crippen LogP contribution >= 0.6 is 23.1 Å². The lowest BCUT2D eigenvalue weighted by Gasteiger charge is -2.20. The van der Waals surface area contributed by atoms with Crippen molar-refractivity contribution in [3.63, 3.8) is 0 Å². The number of carbonyl (C=O) groups is 1. The lowest BCUT2D eigenvalue weighted by molar-refractivity contribution is -0.115. The third-order valence-electron chi connectivity index (χ3n) is 4.34. The molecule has 148 valence electrons. The van der Waals surface area contributed by atoms with Crippen LogP contribution in [0.25, 0.3) is 11.0 Å². The summed E-state index contributed by atoms with van der Waals surface area (Å²) >= 11 is 3.03. The number of aromatic nitrogens is 3. The Kier molecular flexibility index (Phi) is 5.55. The van der Waals surface area contributed by atoms with Crippen LogP contribution in [0.15, 0.2) is 53.0 Å². The number of imidazole rings is 1. The van der Waals surface area contributed by atoms with Crippen molar-refractivity contribution in [2.24, 2.45) is 0 Å². The van der Waals surface area contributed by atoms with Gasteiger partial charge in [0, 0.05) is 18.1 Å². The monoisotopic (exact) mass is 424 g/mol. The van der Waals surface area contributed by atoms with E-state index in [1.165, 1.54) is 23.8 Å². The molecule has 0 saturated heterocycles. The number of nitrogens with zero attached hydrogens (tertiary/aromatic N) is 3. The van der Waals surface area contributed by atoms with E-state index in [-0.39, 0.29) is 5.91 Å². The highest BCUT2D eigenvalue weighted by Crippen LogP contribution is 2.36. The summed E-state index contributed by atoms with van der Waals surface area (Å²) in [6.45, 7) is 3.59. The Labute approximate surface area is 176 Å². The van der Waals surface area contributed by atoms with Crippen molar-refractivity contribution in [3.05, 3.63) is 59.1 Å². The molecule has 0 aliphatic carbocycles. The van der Waals surface area contributed by atoms with Crippen LogP contribution in [0.1, 0.15) is 18.2 Å². The maximum absolute atomic E-state index is 12.3. The van der Waals surface area contributed by atoms with Crippen molar-refractivity contribution < 1.29 is 9.53 Å². The van der Waals surface area contributed by atoms with E-state index in [1.54, 1.807) is 23.8 Å². The predicted octanol–water partition coefficient (Wildman–Crippen LogP) is 5.31. The second kappa shape index (κ2) is 8.26. The Morgan fingerprint density at radius 3 is 2.86 bits per heavy atom. The van der Waals surface area contributed by atoms with E-state index >= 15 is 0 Å². The van der Waals surface area contributed by atoms with E-state index < -0.39 is 0 Å². The van der Waals surface area contributed by atoms with Gasteiger partial charge in [0.1, 0.15) is 5.75 Å². The smallest absolute Gasteiger partial charge is 0.230 e. The highest BCUT2D eigenvalue weighted by molar-refractivity contribution is 7.98. The van der Waals surface area contributed by atoms with Crippen LogP contribution in [0.5, 0.6) is 5.75 Å². The van der Waals surface area contributed by atoms with Crippen molar-refractivity contribution in [1.82, 2.24) is 15.0 Å². The van der Waals surface area contributed by atoms with Gasteiger partial charge in [-0.1, -0.05) is 30.0 Å². The molecule has 2 aromatic carbocycles. The van der Waals surface area contributed by atoms with Gasteiger partial charge in [0.15, 0.2) is 10.3 Å². The molecule has 2 heterocycles. The summed E-state index contributed by atoms with van der Waals surface area (Å²) in [6, 6.07) is 13.6. The normalized spacial score (nSPS) is 11.0. The maximum atomic E-state index is 12.3. The number of aromatic amines is 1. The topological polar surface area (TPSA) is 71.1 Å². The molecule has 2 aromatic heterocycles. The number of amides is 1. The zero-order valence-electron chi connectivity index (χ0n) is 16.3. The fraction of sp³-hybridized carbons (Fsp3) is 0.190. The van der Waals surface area contributed by atoms with Crippen LogP contribution in [0.4, 0.5) is 10.8 Å². The molecule has 0 saturated carbocycles. The minimum atomic E-state index is -0.115. The van der Waals surface area contributed by atoms with E-state index in [9.17, 15) is 4.79 Å². The quantitative estimate of drug-likeness (QED) is 0.425. The first-order valence-corrected chi connectivity index (χ1v) is 10.9. The Morgan fingerprint density at radius 2 is 2.07 bits per heavy atom. The molecule has 0 radical (unpaired) electrons. The fourth-order valence-electron chi connectivity index (χ4n) is 3.00. The van der Waals surface area contributed by atoms with Gasteiger partial charge < -0.3 is 9.72 Å². The van der Waals surface area contributed by atoms with Crippen LogP contribution in [0.3, 0.4) is 0 Å². The summed E-state index contributed by atoms with van der Waals surface area (Å²) in [5.74, 6) is 1.18. The minimum absolute atomic E-state index is 0.115. The number of methoxy groups -OCH3 is 1. The molecule has 0 spiro atoms. The van der Waals surface area contributed by atoms with Gasteiger partial charge in [0.05, 0.1) is 29.5 Å². The lowest BCUT2D eigenvalue weighted by atomic mass is 10.2. The molecular formula is C21H20N4O2S2. The van der Waals surface area contributed by atoms with E-state index in [0.29, 0.717) is 22.3 Å². The number of thioether (sulfide) groups is 1. The Morgan fingerprint density at radius 1 is 1.24 bits per heavy atom. The average molecular weight is 425 g/mol. The van der Waals surface area contributed by atoms with Crippen LogP contribution < -0.4 is 9.64 Å². The summed E-state index contributed by atoms with van der Waals surface area (Å²) < 4.78 is 5.41. The van der Waals surface area contributed by atoms with Crippen molar-refractivity contribution in [2.45, 2.75) is 24.8 Å². The first-order valence-electron chi connectivity index (χ1n) is 9.02. The molecule has 0 fully saturated rings. The van der Waals surface area contributed by atoms with Crippen molar-refractivity contribution >= 4 is 50.9 Å². The van der Waals surface area contributed by atoms with Crippen LogP contribution in [0.2, 0.25) is 0 Å². The predicted molar refractivity (Wildman–Crippen MR) is 118 cm³/mol. The molecule has 0 unspecified atom stereocenters. The zero-order chi connectivity index (χ0) is 20.4. The van der Waals surface area contributed by atoms with E-state index in [1.807, 2.05) is 35.7 Å². The highest BCUT2D eigenvalue weighted by Gasteiger charge is 2.21. The first-order chi connectivity index (χ1) is 14.0. The second-order valence-electron chi connectivity index (χ2n) is 6.50. The number of H-pyrrole nitrogens is 1. The third-order valence-corrected chi connectivity index (χ3v) is 6.13. The number of hydrogen-bond acceptors (Lipinski definition) is 6. The zero-order valence-corrected chi connectivity index (χ0v) is 17.9. The molecule has 0 aliphatic rings. The molecular weight excluding hydrogens is 404 g/mol. The van der Waals surface area contributed by atoms with E-state index in [4.69, 9.17) is 4.74 Å². The first kappa shape index (κ1) is 19.5. The molecule has 29 heavy (non-hydrogen) atoms. The minimum Gasteiger partial charge on any atom is -0.495 e. The van der Waals surface area contributed by atoms with Gasteiger partial charge in [-0.25, -0.2) is 9.97 Å². The van der Waals surface area contributed by atoms with Gasteiger partial charge in [-0.3, -0.25) is 9.69 Å². The summed E-state index contributed by atoms with van der Waals surface area (Å²) in [4.78, 5) is 26.6. The highest BCUT2D eigenvalue weighted by atomic mass is 32.2. The number of ether oxygens (including phenoxy) is 1. The molecule has 0 bridgehead atoms. The number of rotatable bonds is 6. The summed E-state index contributed by atoms with van der Waals surface area (Å²) in [7, 11) is 1.59. The van der Waals surface area contributed by atoms with Crippen molar-refractivity contribution in [1.29, 1.82) is 0 Å². The summed E-state index contributed by atoms with van der Waals surface area (Å²) in [5, 5.41) is 3.45. The lowest BCUT2D eigenvalue weighted by Crippen LogP contribution is -2.23. The van der Waals surface area contributed by atoms with Gasteiger partial charge in [-0.05, 0) is 36.8 Å². The molecule has 1 N–H and O–H groups in total. The van der Waals surface area contributed by atoms with Crippen molar-refractivity contribution in [3.8, 4) is 5.75 Å². The summed E-state index contributed by atoms with van der Waals surface area (Å²) in [5.41, 5.74) is 4.76. The molecule has 8 heteroatoms. The number of benzene rings is 2. The Bertz CT molecular complexity index is 1170. The fourth-order valence-corrected chi connectivity index (χ4v) is 4.76. The van der Waals surface area contributed by atoms with Gasteiger partial charge in [-0.15, -0.1) is 11.3 Å². The van der Waals surface area contributed by atoms with Crippen LogP contribution in [-0.2, 0) is 10.5 Å². The molecule has 1 amide bonds. The Balaban J connectivity index is 1.53. The van der Waals surface area contributed by atoms with Gasteiger partial charge in [-0.2, -0.15) is 0 Å². The number of carbonyl (C=O) groups excluding carboxylic acids is 1. The third kappa shape index (κ3) is 4.13. The number of fused-ring (bicyclic) bond motifs is 1. The standard InChI is InChI=1S/C21H20N4O2S2/c1-13-8-9-16-17(10-13)24-20(23-16)28-11-15-12-29-21(22-15)25(14(2)26)18-6-4-5-7-19(18)27-3/h4-10,12H,11H2,1-3H3,(H,23,24). The van der Waals surface area contributed by atoms with E-state index in [0.717, 1.165) is 21.9 Å². The van der Waals surface area contributed by atoms with Crippen LogP contribution in [-0.4, -0.2) is 28.0 Å². The number of nitrogens with one attached hydrogen (secondary N) is 1. The summed E-state index contributed by atoms with van der Waals surface area (Å²) in [6.07, 6.45) is 0. The maximum Gasteiger partial charge on any atom is 0.230 e. The molecule has 4 rings (SSSR count). The SMILES string of the molecule is COc1ccccc1N(C(C)=O)c1nc(CSc2nc3ccc(C)cc3[nH]2)cs1. The van der Waals surface area contributed by atoms with Gasteiger partial charge in [0.25, 0.3) is 0 Å². The number of para-hydroxylation sites is 2. The number of aryl methyl sites for hydroxylation is 1. The number of anilines is 2. The number of hydrogen-bond donors (Lipinski definition) is 1. The van der Waals surface area contributed by atoms with Gasteiger partial charge >= 0.3 is 0 Å². The van der Waals surface area contributed by atoms with Crippen LogP contribution in [0, 0.1) is 6.92 Å². The van der Waals surface area contributed by atoms with E-state index in [2.05, 4.69) is 34.0 Å². The van der Waals surface area contributed by atoms with Gasteiger partial charge in [0.2, 0.25) is 5.91 Å². The largest absolute Gasteiger partial charge is 0.495 e. The average Bonchev–Trinajstić information content (AvgIpc) is 3.33. The second-order valence-corrected chi connectivity index (χ2v) is 8.30. The molecule has 4 aromatic rings. The Hall–Kier alpha value is -2.84. The van der Waals surface area contributed by atoms with Crippen molar-refractivity contribution in [2.75, 3.05) is 12.0 Å². The molecule has 0 atom stereocenters. The molecule has 6 nitrogen and oxygen atoms in total.